The van der Waals surface area contributed by atoms with Gasteiger partial charge in [0, 0.05) is 32.8 Å². The van der Waals surface area contributed by atoms with Gasteiger partial charge in [-0.15, -0.1) is 0 Å². The molecule has 3 aliphatic rings. The molecule has 0 spiro atoms. The molecule has 3 fully saturated rings. The number of hydrogen-bond acceptors (Lipinski definition) is 8. The number of likely N-dealkylation sites (tertiary alicyclic amines) is 2. The highest BCUT2D eigenvalue weighted by atomic mass is 16.6. The third kappa shape index (κ3) is 7.79. The predicted octanol–water partition coefficient (Wildman–Crippen LogP) is 3.98. The van der Waals surface area contributed by atoms with Crippen LogP contribution >= 0.6 is 0 Å². The highest BCUT2D eigenvalue weighted by Gasteiger charge is 2.46. The summed E-state index contributed by atoms with van der Waals surface area (Å²) in [4.78, 5) is 29.5. The van der Waals surface area contributed by atoms with E-state index in [1.807, 2.05) is 46.4 Å². The van der Waals surface area contributed by atoms with Crippen molar-refractivity contribution in [2.75, 3.05) is 39.5 Å². The normalized spacial score (nSPS) is 30.4. The van der Waals surface area contributed by atoms with Crippen LogP contribution in [0.5, 0.6) is 0 Å². The predicted molar refractivity (Wildman–Crippen MR) is 136 cm³/mol. The Morgan fingerprint density at radius 2 is 1.50 bits per heavy atom. The Morgan fingerprint density at radius 1 is 0.889 bits per heavy atom. The van der Waals surface area contributed by atoms with Crippen molar-refractivity contribution in [3.05, 3.63) is 0 Å². The molecule has 0 aromatic rings. The molecule has 4 atom stereocenters. The number of esters is 1. The molecule has 0 radical (unpaired) electrons. The minimum Gasteiger partial charge on any atom is -0.466 e. The van der Waals surface area contributed by atoms with E-state index >= 15 is 0 Å². The molecular formula is C27H48N2O7. The van der Waals surface area contributed by atoms with Crippen molar-refractivity contribution >= 4 is 12.1 Å². The van der Waals surface area contributed by atoms with E-state index in [4.69, 9.17) is 23.7 Å². The third-order valence-electron chi connectivity index (χ3n) is 7.25. The van der Waals surface area contributed by atoms with Crippen LogP contribution in [0.25, 0.3) is 0 Å². The molecule has 3 rings (SSSR count). The van der Waals surface area contributed by atoms with E-state index in [0.717, 1.165) is 38.5 Å². The summed E-state index contributed by atoms with van der Waals surface area (Å²) < 4.78 is 29.9. The summed E-state index contributed by atoms with van der Waals surface area (Å²) in [7, 11) is 0. The summed E-state index contributed by atoms with van der Waals surface area (Å²) >= 11 is 0. The molecule has 0 aromatic carbocycles. The minimum atomic E-state index is -0.556. The van der Waals surface area contributed by atoms with E-state index < -0.39 is 5.60 Å². The lowest BCUT2D eigenvalue weighted by atomic mass is 9.87. The largest absolute Gasteiger partial charge is 0.466 e. The van der Waals surface area contributed by atoms with Crippen LogP contribution in [0.1, 0.15) is 80.1 Å². The zero-order chi connectivity index (χ0) is 26.3. The highest BCUT2D eigenvalue weighted by Crippen LogP contribution is 2.34. The van der Waals surface area contributed by atoms with Gasteiger partial charge in [0.1, 0.15) is 11.8 Å². The van der Waals surface area contributed by atoms with Gasteiger partial charge in [0.05, 0.1) is 36.9 Å². The monoisotopic (exact) mass is 512 g/mol. The van der Waals surface area contributed by atoms with Gasteiger partial charge in [-0.3, -0.25) is 9.69 Å². The molecule has 9 nitrogen and oxygen atoms in total. The van der Waals surface area contributed by atoms with Crippen LogP contribution in [0.15, 0.2) is 0 Å². The molecule has 9 heteroatoms. The second-order valence-electron chi connectivity index (χ2n) is 11.1. The molecule has 0 N–H and O–H groups in total. The molecule has 1 saturated carbocycles. The van der Waals surface area contributed by atoms with Crippen LogP contribution in [0.4, 0.5) is 4.79 Å². The fourth-order valence-corrected chi connectivity index (χ4v) is 5.68. The number of carbonyl (C=O) groups excluding carboxylic acids is 2. The Balaban J connectivity index is 1.75. The van der Waals surface area contributed by atoms with E-state index in [2.05, 4.69) is 4.90 Å². The van der Waals surface area contributed by atoms with Crippen LogP contribution in [0.2, 0.25) is 0 Å². The maximum absolute atomic E-state index is 13.1. The van der Waals surface area contributed by atoms with Gasteiger partial charge in [-0.2, -0.15) is 0 Å². The van der Waals surface area contributed by atoms with Gasteiger partial charge in [-0.1, -0.05) is 0 Å². The van der Waals surface area contributed by atoms with Gasteiger partial charge in [-0.05, 0) is 80.1 Å². The zero-order valence-corrected chi connectivity index (χ0v) is 23.2. The standard InChI is InChI=1S/C27H48N2O7/c1-7-32-22-17-28(18-23(22)33-8-2)24(21-11-10-16-29(21)26(31)36-27(4,5)6)35-20-14-12-19(13-15-20)25(30)34-9-3/h19-24H,7-18H2,1-6H3/t19-,20-,21-,22-,23+,24?/m0/s1. The van der Waals surface area contributed by atoms with Crippen LogP contribution in [-0.2, 0) is 28.5 Å². The molecule has 0 aromatic heterocycles. The molecule has 2 saturated heterocycles. The van der Waals surface area contributed by atoms with E-state index in [0.29, 0.717) is 39.5 Å². The first-order valence-corrected chi connectivity index (χ1v) is 14.0. The van der Waals surface area contributed by atoms with Gasteiger partial charge < -0.3 is 28.6 Å². The average molecular weight is 513 g/mol. The van der Waals surface area contributed by atoms with Crippen molar-refractivity contribution in [1.29, 1.82) is 0 Å². The second kappa shape index (κ2) is 13.4. The Morgan fingerprint density at radius 3 is 2.03 bits per heavy atom. The first-order valence-electron chi connectivity index (χ1n) is 14.0. The van der Waals surface area contributed by atoms with Crippen molar-refractivity contribution in [3.63, 3.8) is 0 Å². The fourth-order valence-electron chi connectivity index (χ4n) is 5.68. The van der Waals surface area contributed by atoms with Crippen LogP contribution in [0.3, 0.4) is 0 Å². The zero-order valence-electron chi connectivity index (χ0n) is 23.2. The maximum atomic E-state index is 13.1. The molecule has 2 aliphatic heterocycles. The molecule has 36 heavy (non-hydrogen) atoms. The number of rotatable bonds is 10. The smallest absolute Gasteiger partial charge is 0.410 e. The maximum Gasteiger partial charge on any atom is 0.410 e. The Bertz CT molecular complexity index is 691. The number of nitrogens with zero attached hydrogens (tertiary/aromatic N) is 2. The SMILES string of the molecule is CCOC(=O)[C@H]1CC[C@H](OC([C@@H]2CCCN2C(=O)OC(C)(C)C)N2C[C@H](OCC)[C@H](OCC)C2)CC1. The quantitative estimate of drug-likeness (QED) is 0.407. The summed E-state index contributed by atoms with van der Waals surface area (Å²) in [6.07, 6.45) is 4.30. The molecule has 1 unspecified atom stereocenters. The first-order chi connectivity index (χ1) is 17.2. The van der Waals surface area contributed by atoms with Crippen molar-refractivity contribution in [2.45, 2.75) is 116 Å². The van der Waals surface area contributed by atoms with E-state index in [1.54, 1.807) is 0 Å². The van der Waals surface area contributed by atoms with E-state index in [9.17, 15) is 9.59 Å². The molecule has 2 heterocycles. The second-order valence-corrected chi connectivity index (χ2v) is 11.1. The van der Waals surface area contributed by atoms with Crippen LogP contribution in [-0.4, -0.2) is 97.5 Å². The van der Waals surface area contributed by atoms with Crippen LogP contribution in [0, 0.1) is 5.92 Å². The Kier molecular flexibility index (Phi) is 10.8. The Hall–Kier alpha value is -1.42. The summed E-state index contributed by atoms with van der Waals surface area (Å²) in [5, 5.41) is 0. The molecule has 208 valence electrons. The van der Waals surface area contributed by atoms with E-state index in [-0.39, 0.29) is 48.6 Å². The van der Waals surface area contributed by atoms with Gasteiger partial charge in [0.25, 0.3) is 0 Å². The average Bonchev–Trinajstić information content (AvgIpc) is 3.45. The van der Waals surface area contributed by atoms with Crippen molar-refractivity contribution < 1.29 is 33.3 Å². The minimum absolute atomic E-state index is 0.0263. The van der Waals surface area contributed by atoms with Crippen molar-refractivity contribution in [3.8, 4) is 0 Å². The number of amides is 1. The number of hydrogen-bond donors (Lipinski definition) is 0. The molecule has 0 bridgehead atoms. The fraction of sp³-hybridized carbons (Fsp3) is 0.926. The highest BCUT2D eigenvalue weighted by molar-refractivity contribution is 5.72. The molecule has 1 aliphatic carbocycles. The van der Waals surface area contributed by atoms with Crippen molar-refractivity contribution in [1.82, 2.24) is 9.80 Å². The van der Waals surface area contributed by atoms with Gasteiger partial charge in [0.15, 0.2) is 0 Å². The van der Waals surface area contributed by atoms with E-state index in [1.165, 1.54) is 0 Å². The van der Waals surface area contributed by atoms with Gasteiger partial charge >= 0.3 is 12.1 Å². The molecular weight excluding hydrogens is 464 g/mol. The summed E-state index contributed by atoms with van der Waals surface area (Å²) in [5.74, 6) is -0.150. The van der Waals surface area contributed by atoms with Gasteiger partial charge in [0.2, 0.25) is 0 Å². The van der Waals surface area contributed by atoms with Gasteiger partial charge in [-0.25, -0.2) is 4.79 Å². The third-order valence-corrected chi connectivity index (χ3v) is 7.25. The summed E-state index contributed by atoms with van der Waals surface area (Å²) in [6, 6.07) is -0.106. The molecule has 1 amide bonds. The number of carbonyl (C=O) groups is 2. The summed E-state index contributed by atoms with van der Waals surface area (Å²) in [6.45, 7) is 15.2. The summed E-state index contributed by atoms with van der Waals surface area (Å²) in [5.41, 5.74) is -0.556. The lowest BCUT2D eigenvalue weighted by Crippen LogP contribution is -2.54. The lowest BCUT2D eigenvalue weighted by Gasteiger charge is -2.40. The lowest BCUT2D eigenvalue weighted by molar-refractivity contribution is -0.156. The van der Waals surface area contributed by atoms with Crippen molar-refractivity contribution in [2.24, 2.45) is 5.92 Å². The topological polar surface area (TPSA) is 86.8 Å². The number of ether oxygens (including phenoxy) is 5. The Labute approximate surface area is 217 Å². The van der Waals surface area contributed by atoms with Crippen LogP contribution < -0.4 is 0 Å². The first kappa shape index (κ1) is 29.1.